The van der Waals surface area contributed by atoms with Crippen LogP contribution in [0.5, 0.6) is 0 Å². The molecule has 17 heteroatoms. The summed E-state index contributed by atoms with van der Waals surface area (Å²) in [5.74, 6) is -1.47. The van der Waals surface area contributed by atoms with Crippen molar-refractivity contribution in [2.75, 3.05) is 0 Å². The Morgan fingerprint density at radius 3 is 1.48 bits per heavy atom. The molecule has 23 heavy (non-hydrogen) atoms. The number of nitrogens with zero attached hydrogens (tertiary/aromatic N) is 1. The standard InChI is InChI=1S/C6F6NO7S2.Li/c7-5(8,9)21(15,16)4(22(17,18)6(10,11)12)1(13-4)2-19-3(14)20-2;/q-1;+1. The smallest absolute Gasteiger partial charge is 0.648 e. The summed E-state index contributed by atoms with van der Waals surface area (Å²) in [6.45, 7) is 0. The van der Waals surface area contributed by atoms with Gasteiger partial charge < -0.3 is 14.8 Å². The van der Waals surface area contributed by atoms with Gasteiger partial charge >= 0.3 is 36.0 Å². The number of ether oxygens (including phenoxy) is 2. The second-order valence-corrected chi connectivity index (χ2v) is 8.06. The number of rotatable bonds is 2. The minimum Gasteiger partial charge on any atom is -0.648 e. The average molecular weight is 383 g/mol. The van der Waals surface area contributed by atoms with Crippen molar-refractivity contribution in [3.05, 3.63) is 17.0 Å². The maximum absolute atomic E-state index is 12.5. The van der Waals surface area contributed by atoms with Crippen LogP contribution in [0.25, 0.3) is 5.32 Å². The molecule has 0 spiro atoms. The first-order valence-electron chi connectivity index (χ1n) is 4.58. The van der Waals surface area contributed by atoms with Gasteiger partial charge in [-0.05, 0) is 0 Å². The van der Waals surface area contributed by atoms with Crippen molar-refractivity contribution in [1.29, 1.82) is 0 Å². The summed E-state index contributed by atoms with van der Waals surface area (Å²) in [6, 6.07) is 0. The maximum Gasteiger partial charge on any atom is 1.00 e. The van der Waals surface area contributed by atoms with E-state index in [1.165, 1.54) is 0 Å². The number of hydrogen-bond donors (Lipinski definition) is 0. The van der Waals surface area contributed by atoms with Gasteiger partial charge in [-0.25, -0.2) is 21.6 Å². The van der Waals surface area contributed by atoms with E-state index < -0.39 is 52.7 Å². The van der Waals surface area contributed by atoms with Crippen LogP contribution in [0.3, 0.4) is 0 Å². The number of sulfone groups is 2. The monoisotopic (exact) mass is 383 g/mol. The first-order valence-corrected chi connectivity index (χ1v) is 7.55. The summed E-state index contributed by atoms with van der Waals surface area (Å²) in [6.07, 6.45) is -1.59. The van der Waals surface area contributed by atoms with Crippen LogP contribution in [0.15, 0.2) is 11.6 Å². The SMILES string of the molecule is O=C1OC(=C2[N-]C2(S(=O)(=O)C(F)(F)F)S(=O)(=O)C(F)(F)F)O1.[Li+]. The van der Waals surface area contributed by atoms with Gasteiger partial charge in [0.25, 0.3) is 25.6 Å². The molecule has 0 aromatic rings. The Balaban J connectivity index is 0.00000264. The van der Waals surface area contributed by atoms with Crippen LogP contribution in [-0.4, -0.2) is 38.2 Å². The van der Waals surface area contributed by atoms with Crippen LogP contribution >= 0.6 is 0 Å². The van der Waals surface area contributed by atoms with Crippen molar-refractivity contribution >= 4 is 25.8 Å². The van der Waals surface area contributed by atoms with E-state index in [0.29, 0.717) is 0 Å². The van der Waals surface area contributed by atoms with E-state index in [4.69, 9.17) is 0 Å². The zero-order valence-electron chi connectivity index (χ0n) is 10.4. The van der Waals surface area contributed by atoms with Gasteiger partial charge in [-0.1, -0.05) is 5.70 Å². The van der Waals surface area contributed by atoms with Crippen molar-refractivity contribution in [2.45, 2.75) is 15.2 Å². The molecule has 2 rings (SSSR count). The molecule has 2 saturated heterocycles. The van der Waals surface area contributed by atoms with Gasteiger partial charge in [0.1, 0.15) is 4.20 Å². The van der Waals surface area contributed by atoms with E-state index >= 15 is 0 Å². The Morgan fingerprint density at radius 1 is 0.870 bits per heavy atom. The molecule has 0 unspecified atom stereocenters. The molecule has 8 nitrogen and oxygen atoms in total. The summed E-state index contributed by atoms with van der Waals surface area (Å²) in [7, 11) is -14.0. The minimum absolute atomic E-state index is 0. The molecular weight excluding hydrogens is 383 g/mol. The van der Waals surface area contributed by atoms with Crippen LogP contribution in [0.1, 0.15) is 0 Å². The quantitative estimate of drug-likeness (QED) is 0.240. The maximum atomic E-state index is 12.5. The molecule has 0 aliphatic carbocycles. The van der Waals surface area contributed by atoms with Crippen LogP contribution in [0.2, 0.25) is 0 Å². The van der Waals surface area contributed by atoms with Crippen LogP contribution in [-0.2, 0) is 29.1 Å². The molecule has 2 heterocycles. The molecule has 2 fully saturated rings. The van der Waals surface area contributed by atoms with Crippen molar-refractivity contribution in [1.82, 2.24) is 0 Å². The average Bonchev–Trinajstić information content (AvgIpc) is 2.98. The first-order chi connectivity index (χ1) is 9.59. The van der Waals surface area contributed by atoms with E-state index in [0.717, 1.165) is 0 Å². The Morgan fingerprint density at radius 2 is 1.22 bits per heavy atom. The van der Waals surface area contributed by atoms with E-state index in [-0.39, 0.29) is 18.9 Å². The predicted octanol–water partition coefficient (Wildman–Crippen LogP) is -1.76. The van der Waals surface area contributed by atoms with Gasteiger partial charge in [-0.2, -0.15) is 26.3 Å². The topological polar surface area (TPSA) is 118 Å². The van der Waals surface area contributed by atoms with Gasteiger partial charge in [-0.3, -0.25) is 0 Å². The van der Waals surface area contributed by atoms with Gasteiger partial charge in [0.15, 0.2) is 0 Å². The summed E-state index contributed by atoms with van der Waals surface area (Å²) >= 11 is 0. The number of cyclic esters (lactones) is 2. The summed E-state index contributed by atoms with van der Waals surface area (Å²) in [5, 5.41) is 2.28. The molecule has 0 N–H and O–H groups in total. The molecule has 0 atom stereocenters. The predicted molar refractivity (Wildman–Crippen MR) is 50.6 cm³/mol. The number of halogens is 6. The molecule has 0 radical (unpaired) electrons. The summed E-state index contributed by atoms with van der Waals surface area (Å²) in [4.78, 5) is 10.3. The molecule has 0 saturated carbocycles. The molecular formula is C6F6LiNO7S2. The van der Waals surface area contributed by atoms with E-state index in [1.807, 2.05) is 0 Å². The largest absolute Gasteiger partial charge is 1.00 e. The zero-order valence-corrected chi connectivity index (χ0v) is 12.0. The second kappa shape index (κ2) is 4.94. The third-order valence-electron chi connectivity index (χ3n) is 2.39. The number of carbonyl (C=O) groups excluding carboxylic acids is 1. The fourth-order valence-corrected chi connectivity index (χ4v) is 4.83. The third kappa shape index (κ3) is 2.39. The number of carbonyl (C=O) groups is 1. The molecule has 126 valence electrons. The fraction of sp³-hybridized carbons (Fsp3) is 0.500. The summed E-state index contributed by atoms with van der Waals surface area (Å²) in [5.41, 5.74) is -14.6. The van der Waals surface area contributed by atoms with Crippen LogP contribution < -0.4 is 18.9 Å². The van der Waals surface area contributed by atoms with Crippen molar-refractivity contribution in [3.8, 4) is 0 Å². The molecule has 0 bridgehead atoms. The molecule has 2 aliphatic heterocycles. The van der Waals surface area contributed by atoms with E-state index in [9.17, 15) is 48.0 Å². The Labute approximate surface area is 134 Å². The van der Waals surface area contributed by atoms with E-state index in [2.05, 4.69) is 14.8 Å². The number of alkyl halides is 6. The zero-order chi connectivity index (χ0) is 17.4. The van der Waals surface area contributed by atoms with Gasteiger partial charge in [0, 0.05) is 0 Å². The van der Waals surface area contributed by atoms with Crippen LogP contribution in [0.4, 0.5) is 31.1 Å². The molecule has 0 aromatic heterocycles. The van der Waals surface area contributed by atoms with Gasteiger partial charge in [0.05, 0.1) is 0 Å². The third-order valence-corrected chi connectivity index (χ3v) is 6.95. The molecule has 0 amide bonds. The fourth-order valence-electron chi connectivity index (χ4n) is 1.38. The normalized spacial score (nSPS) is 20.5. The molecule has 0 aromatic carbocycles. The first kappa shape index (κ1) is 19.9. The van der Waals surface area contributed by atoms with E-state index in [1.54, 1.807) is 0 Å². The van der Waals surface area contributed by atoms with Gasteiger partial charge in [-0.15, -0.1) is 0 Å². The molecule has 2 aliphatic rings. The number of hydrogen-bond acceptors (Lipinski definition) is 7. The Bertz CT molecular complexity index is 740. The Hall–Kier alpha value is -1.11. The van der Waals surface area contributed by atoms with Gasteiger partial charge in [0.2, 0.25) is 0 Å². The summed E-state index contributed by atoms with van der Waals surface area (Å²) < 4.78 is 123. The van der Waals surface area contributed by atoms with Crippen molar-refractivity contribution in [2.24, 2.45) is 0 Å². The van der Waals surface area contributed by atoms with Crippen molar-refractivity contribution in [3.63, 3.8) is 0 Å². The minimum atomic E-state index is -7.00. The van der Waals surface area contributed by atoms with Crippen molar-refractivity contribution < 1.29 is 76.3 Å². The Kier molecular flexibility index (Phi) is 4.28. The second-order valence-electron chi connectivity index (χ2n) is 3.68. The van der Waals surface area contributed by atoms with Crippen LogP contribution in [0, 0.1) is 0 Å².